The van der Waals surface area contributed by atoms with E-state index in [2.05, 4.69) is 15.0 Å². The minimum absolute atomic E-state index is 0.0434. The molecule has 5 rings (SSSR count). The highest BCUT2D eigenvalue weighted by Crippen LogP contribution is 2.43. The maximum absolute atomic E-state index is 12.6. The zero-order valence-corrected chi connectivity index (χ0v) is 17.4. The zero-order valence-electron chi connectivity index (χ0n) is 17.4. The molecule has 2 aliphatic heterocycles. The molecule has 3 aromatic rings. The van der Waals surface area contributed by atoms with Crippen molar-refractivity contribution in [1.82, 2.24) is 25.0 Å². The fourth-order valence-electron chi connectivity index (χ4n) is 4.77. The van der Waals surface area contributed by atoms with Crippen LogP contribution in [0.4, 0.5) is 18.0 Å². The van der Waals surface area contributed by atoms with Gasteiger partial charge >= 0.3 is 12.4 Å². The Morgan fingerprint density at radius 1 is 1.22 bits per heavy atom. The average molecular weight is 445 g/mol. The van der Waals surface area contributed by atoms with Gasteiger partial charge in [-0.1, -0.05) is 0 Å². The third kappa shape index (κ3) is 3.63. The van der Waals surface area contributed by atoms with Gasteiger partial charge < -0.3 is 15.0 Å². The van der Waals surface area contributed by atoms with Gasteiger partial charge in [-0.05, 0) is 50.1 Å². The number of ether oxygens (including phenoxy) is 1. The Kier molecular flexibility index (Phi) is 4.75. The molecule has 2 aromatic heterocycles. The number of benzene rings is 1. The number of fused-ring (bicyclic) bond motifs is 3. The molecule has 1 spiro atoms. The summed E-state index contributed by atoms with van der Waals surface area (Å²) in [5, 5.41) is 8.12. The number of aryl methyl sites for hydroxylation is 1. The van der Waals surface area contributed by atoms with Crippen molar-refractivity contribution in [2.45, 2.75) is 38.1 Å². The summed E-state index contributed by atoms with van der Waals surface area (Å²) in [6, 6.07) is 7.82. The predicted octanol–water partition coefficient (Wildman–Crippen LogP) is 4.07. The number of aromatic nitrogens is 3. The molecule has 1 fully saturated rings. The first-order valence-corrected chi connectivity index (χ1v) is 10.5. The molecule has 168 valence electrons. The molecule has 1 atom stereocenters. The van der Waals surface area contributed by atoms with Gasteiger partial charge in [0.25, 0.3) is 0 Å². The Balaban J connectivity index is 1.44. The molecular formula is C22H22F3N5O2. The highest BCUT2D eigenvalue weighted by atomic mass is 19.4. The maximum atomic E-state index is 12.6. The van der Waals surface area contributed by atoms with Gasteiger partial charge in [0.1, 0.15) is 5.75 Å². The molecule has 1 aromatic carbocycles. The van der Waals surface area contributed by atoms with Gasteiger partial charge in [-0.25, -0.2) is 4.79 Å². The van der Waals surface area contributed by atoms with Crippen molar-refractivity contribution in [2.24, 2.45) is 0 Å². The van der Waals surface area contributed by atoms with Gasteiger partial charge in [0, 0.05) is 54.4 Å². The van der Waals surface area contributed by atoms with E-state index in [0.29, 0.717) is 36.2 Å². The third-order valence-corrected chi connectivity index (χ3v) is 6.28. The van der Waals surface area contributed by atoms with Crippen LogP contribution < -0.4 is 10.1 Å². The van der Waals surface area contributed by atoms with Crippen LogP contribution in [0.5, 0.6) is 5.75 Å². The number of hydrogen-bond acceptors (Lipinski definition) is 4. The van der Waals surface area contributed by atoms with Crippen LogP contribution in [0.15, 0.2) is 36.5 Å². The predicted molar refractivity (Wildman–Crippen MR) is 111 cm³/mol. The second-order valence-electron chi connectivity index (χ2n) is 8.30. The zero-order chi connectivity index (χ0) is 22.5. The number of amides is 2. The number of urea groups is 1. The lowest BCUT2D eigenvalue weighted by Crippen LogP contribution is -2.40. The van der Waals surface area contributed by atoms with Crippen LogP contribution in [0.1, 0.15) is 25.5 Å². The highest BCUT2D eigenvalue weighted by Gasteiger charge is 2.46. The number of nitrogens with one attached hydrogen (secondary N) is 1. The molecule has 1 N–H and O–H groups in total. The number of pyridine rings is 1. The van der Waals surface area contributed by atoms with Crippen LogP contribution in [0.3, 0.4) is 0 Å². The van der Waals surface area contributed by atoms with Crippen molar-refractivity contribution in [3.8, 4) is 17.0 Å². The van der Waals surface area contributed by atoms with Gasteiger partial charge in [0.15, 0.2) is 0 Å². The van der Waals surface area contributed by atoms with Crippen LogP contribution in [0.2, 0.25) is 0 Å². The summed E-state index contributed by atoms with van der Waals surface area (Å²) in [5.74, 6) is -0.286. The van der Waals surface area contributed by atoms with Crippen molar-refractivity contribution >= 4 is 16.9 Å². The molecule has 4 heterocycles. The first kappa shape index (κ1) is 20.6. The Morgan fingerprint density at radius 3 is 2.81 bits per heavy atom. The summed E-state index contributed by atoms with van der Waals surface area (Å²) >= 11 is 0. The SMILES string of the molecule is CCNC(=O)N1CCC2(CCn3nc(-c4cnc5ccc(OC(F)(F)F)cc5c4)cc32)C1. The van der Waals surface area contributed by atoms with Crippen molar-refractivity contribution in [3.05, 3.63) is 42.2 Å². The Bertz CT molecular complexity index is 1190. The summed E-state index contributed by atoms with van der Waals surface area (Å²) in [7, 11) is 0. The second-order valence-corrected chi connectivity index (χ2v) is 8.30. The Morgan fingerprint density at radius 2 is 2.03 bits per heavy atom. The maximum Gasteiger partial charge on any atom is 0.573 e. The van der Waals surface area contributed by atoms with Crippen LogP contribution in [-0.2, 0) is 12.0 Å². The number of halogens is 3. The number of carbonyl (C=O) groups excluding carboxylic acids is 1. The van der Waals surface area contributed by atoms with Crippen molar-refractivity contribution in [2.75, 3.05) is 19.6 Å². The summed E-state index contributed by atoms with van der Waals surface area (Å²) in [6.45, 7) is 4.61. The van der Waals surface area contributed by atoms with Gasteiger partial charge in [0.2, 0.25) is 0 Å². The highest BCUT2D eigenvalue weighted by molar-refractivity contribution is 5.84. The lowest BCUT2D eigenvalue weighted by Gasteiger charge is -2.23. The topological polar surface area (TPSA) is 72.3 Å². The fourth-order valence-corrected chi connectivity index (χ4v) is 4.77. The quantitative estimate of drug-likeness (QED) is 0.660. The molecule has 10 heteroatoms. The van der Waals surface area contributed by atoms with E-state index in [9.17, 15) is 18.0 Å². The number of likely N-dealkylation sites (tertiary alicyclic amines) is 1. The normalized spacial score (nSPS) is 20.2. The lowest BCUT2D eigenvalue weighted by atomic mass is 9.82. The van der Waals surface area contributed by atoms with Gasteiger partial charge in [-0.3, -0.25) is 9.67 Å². The lowest BCUT2D eigenvalue weighted by molar-refractivity contribution is -0.274. The molecule has 0 aliphatic carbocycles. The number of carbonyl (C=O) groups is 1. The Labute approximate surface area is 182 Å². The molecule has 7 nitrogen and oxygen atoms in total. The van der Waals surface area contributed by atoms with Gasteiger partial charge in [0.05, 0.1) is 11.2 Å². The van der Waals surface area contributed by atoms with Crippen LogP contribution in [0, 0.1) is 0 Å². The van der Waals surface area contributed by atoms with E-state index in [0.717, 1.165) is 30.6 Å². The van der Waals surface area contributed by atoms with E-state index in [-0.39, 0.29) is 17.2 Å². The number of rotatable bonds is 3. The largest absolute Gasteiger partial charge is 0.573 e. The molecule has 2 aliphatic rings. The molecule has 1 unspecified atom stereocenters. The molecule has 32 heavy (non-hydrogen) atoms. The summed E-state index contributed by atoms with van der Waals surface area (Å²) in [4.78, 5) is 18.5. The molecule has 0 saturated carbocycles. The standard InChI is InChI=1S/C22H22F3N5O2/c1-2-26-20(31)29-7-5-21(13-29)6-8-30-19(21)11-18(28-30)15-9-14-10-16(32-22(23,24)25)3-4-17(14)27-12-15/h3-4,9-12H,2,5-8,13H2,1H3,(H,26,31). The van der Waals surface area contributed by atoms with Crippen molar-refractivity contribution < 1.29 is 22.7 Å². The van der Waals surface area contributed by atoms with E-state index >= 15 is 0 Å². The Hall–Kier alpha value is -3.30. The first-order valence-electron chi connectivity index (χ1n) is 10.5. The molecular weight excluding hydrogens is 423 g/mol. The van der Waals surface area contributed by atoms with E-state index in [1.165, 1.54) is 18.2 Å². The van der Waals surface area contributed by atoms with Crippen molar-refractivity contribution in [1.29, 1.82) is 0 Å². The average Bonchev–Trinajstić information content (AvgIpc) is 3.43. The summed E-state index contributed by atoms with van der Waals surface area (Å²) in [5.41, 5.74) is 2.98. The number of hydrogen-bond donors (Lipinski definition) is 1. The third-order valence-electron chi connectivity index (χ3n) is 6.28. The van der Waals surface area contributed by atoms with E-state index < -0.39 is 6.36 Å². The van der Waals surface area contributed by atoms with E-state index in [1.807, 2.05) is 22.6 Å². The van der Waals surface area contributed by atoms with Crippen LogP contribution in [-0.4, -0.2) is 51.7 Å². The van der Waals surface area contributed by atoms with Gasteiger partial charge in [-0.15, -0.1) is 13.2 Å². The first-order chi connectivity index (χ1) is 15.3. The van der Waals surface area contributed by atoms with Crippen LogP contribution >= 0.6 is 0 Å². The minimum Gasteiger partial charge on any atom is -0.406 e. The second kappa shape index (κ2) is 7.39. The minimum atomic E-state index is -4.75. The van der Waals surface area contributed by atoms with E-state index in [4.69, 9.17) is 5.10 Å². The van der Waals surface area contributed by atoms with Crippen LogP contribution in [0.25, 0.3) is 22.2 Å². The van der Waals surface area contributed by atoms with E-state index in [1.54, 1.807) is 12.3 Å². The number of nitrogens with zero attached hydrogens (tertiary/aromatic N) is 4. The van der Waals surface area contributed by atoms with Gasteiger partial charge in [-0.2, -0.15) is 5.10 Å². The summed E-state index contributed by atoms with van der Waals surface area (Å²) in [6.07, 6.45) is -1.27. The smallest absolute Gasteiger partial charge is 0.406 e. The van der Waals surface area contributed by atoms with Crippen molar-refractivity contribution in [3.63, 3.8) is 0 Å². The fraction of sp³-hybridized carbons (Fsp3) is 0.409. The number of alkyl halides is 3. The molecule has 1 saturated heterocycles. The molecule has 2 amide bonds. The molecule has 0 radical (unpaired) electrons. The summed E-state index contributed by atoms with van der Waals surface area (Å²) < 4.78 is 43.7. The monoisotopic (exact) mass is 445 g/mol. The molecule has 0 bridgehead atoms.